The Kier molecular flexibility index (Phi) is 4.95. The Balaban J connectivity index is 1.47. The van der Waals surface area contributed by atoms with Gasteiger partial charge in [-0.2, -0.15) is 5.10 Å². The molecule has 0 radical (unpaired) electrons. The van der Waals surface area contributed by atoms with Crippen LogP contribution in [0.2, 0.25) is 10.0 Å². The number of halogens is 2. The number of hydrogen-bond donors (Lipinski definition) is 1. The van der Waals surface area contributed by atoms with Crippen molar-refractivity contribution in [1.82, 2.24) is 20.0 Å². The summed E-state index contributed by atoms with van der Waals surface area (Å²) in [5.41, 5.74) is 2.63. The van der Waals surface area contributed by atoms with Gasteiger partial charge in [-0.15, -0.1) is 10.2 Å². The summed E-state index contributed by atoms with van der Waals surface area (Å²) in [5.74, 6) is 1.13. The van der Waals surface area contributed by atoms with E-state index >= 15 is 0 Å². The molecule has 0 aliphatic carbocycles. The number of carbonyl (C=O) groups excluding carboxylic acids is 1. The molecule has 0 spiro atoms. The van der Waals surface area contributed by atoms with Gasteiger partial charge in [-0.25, -0.2) is 4.68 Å². The van der Waals surface area contributed by atoms with E-state index < -0.39 is 0 Å². The number of nitrogens with zero attached hydrogens (tertiary/aromatic N) is 5. The second kappa shape index (κ2) is 7.41. The predicted molar refractivity (Wildman–Crippen MR) is 109 cm³/mol. The lowest BCUT2D eigenvalue weighted by Gasteiger charge is -2.18. The Morgan fingerprint density at radius 3 is 2.54 bits per heavy atom. The molecule has 3 heterocycles. The third-order valence-corrected chi connectivity index (χ3v) is 5.36. The second-order valence-electron chi connectivity index (χ2n) is 6.69. The lowest BCUT2D eigenvalue weighted by molar-refractivity contribution is -0.117. The fraction of sp³-hybridized carbons (Fsp3) is 0.263. The monoisotopic (exact) mass is 416 g/mol. The Labute approximate surface area is 172 Å². The van der Waals surface area contributed by atoms with Crippen molar-refractivity contribution < 1.29 is 4.79 Å². The maximum atomic E-state index is 12.8. The number of carbonyl (C=O) groups is 1. The smallest absolute Gasteiger partial charge is 0.249 e. The van der Waals surface area contributed by atoms with E-state index in [1.54, 1.807) is 33.8 Å². The highest BCUT2D eigenvalue weighted by molar-refractivity contribution is 6.42. The predicted octanol–water partition coefficient (Wildman–Crippen LogP) is 3.80. The molecule has 1 fully saturated rings. The first-order valence-electron chi connectivity index (χ1n) is 8.83. The third kappa shape index (κ3) is 3.55. The van der Waals surface area contributed by atoms with Crippen molar-refractivity contribution in [2.75, 3.05) is 16.8 Å². The van der Waals surface area contributed by atoms with Crippen molar-refractivity contribution in [3.8, 4) is 5.82 Å². The van der Waals surface area contributed by atoms with E-state index in [9.17, 15) is 4.79 Å². The number of anilines is 2. The largest absolute Gasteiger partial charge is 0.357 e. The molecule has 4 rings (SSSR count). The van der Waals surface area contributed by atoms with Crippen LogP contribution in [0.3, 0.4) is 0 Å². The summed E-state index contributed by atoms with van der Waals surface area (Å²) in [6, 6.07) is 10.4. The first-order chi connectivity index (χ1) is 13.4. The Morgan fingerprint density at radius 1 is 1.07 bits per heavy atom. The zero-order chi connectivity index (χ0) is 19.8. The summed E-state index contributed by atoms with van der Waals surface area (Å²) in [4.78, 5) is 14.5. The lowest BCUT2D eigenvalue weighted by Crippen LogP contribution is -2.33. The topological polar surface area (TPSA) is 75.9 Å². The molecular formula is C19H18Cl2N6O. The van der Waals surface area contributed by atoms with Gasteiger partial charge in [0.1, 0.15) is 11.9 Å². The van der Waals surface area contributed by atoms with Gasteiger partial charge < -0.3 is 10.2 Å². The Morgan fingerprint density at radius 2 is 1.89 bits per heavy atom. The molecule has 1 aliphatic rings. The van der Waals surface area contributed by atoms with E-state index in [-0.39, 0.29) is 11.9 Å². The maximum Gasteiger partial charge on any atom is 0.249 e. The number of benzene rings is 1. The highest BCUT2D eigenvalue weighted by Gasteiger charge is 2.33. The molecule has 9 heteroatoms. The van der Waals surface area contributed by atoms with Crippen LogP contribution < -0.4 is 10.2 Å². The first-order valence-corrected chi connectivity index (χ1v) is 9.58. The summed E-state index contributed by atoms with van der Waals surface area (Å²) in [6.07, 6.45) is 0.653. The van der Waals surface area contributed by atoms with Crippen molar-refractivity contribution in [3.63, 3.8) is 0 Å². The van der Waals surface area contributed by atoms with Gasteiger partial charge in [0.15, 0.2) is 5.82 Å². The Hall–Kier alpha value is -2.64. The van der Waals surface area contributed by atoms with E-state index in [1.165, 1.54) is 0 Å². The lowest BCUT2D eigenvalue weighted by atomic mass is 10.2. The number of nitrogens with one attached hydrogen (secondary N) is 1. The molecule has 1 N–H and O–H groups in total. The van der Waals surface area contributed by atoms with Crippen molar-refractivity contribution in [3.05, 3.63) is 57.8 Å². The summed E-state index contributed by atoms with van der Waals surface area (Å²) >= 11 is 12.0. The number of amides is 1. The minimum Gasteiger partial charge on any atom is -0.357 e. The van der Waals surface area contributed by atoms with Gasteiger partial charge in [-0.05, 0) is 56.7 Å². The van der Waals surface area contributed by atoms with Crippen LogP contribution in [0.1, 0.15) is 17.8 Å². The molecule has 1 unspecified atom stereocenters. The molecule has 1 saturated heterocycles. The third-order valence-electron chi connectivity index (χ3n) is 4.62. The fourth-order valence-electron chi connectivity index (χ4n) is 3.28. The van der Waals surface area contributed by atoms with Crippen LogP contribution in [-0.2, 0) is 4.79 Å². The molecular weight excluding hydrogens is 399 g/mol. The zero-order valence-corrected chi connectivity index (χ0v) is 16.9. The van der Waals surface area contributed by atoms with Gasteiger partial charge >= 0.3 is 0 Å². The van der Waals surface area contributed by atoms with E-state index in [2.05, 4.69) is 20.6 Å². The van der Waals surface area contributed by atoms with Crippen LogP contribution >= 0.6 is 23.2 Å². The summed E-state index contributed by atoms with van der Waals surface area (Å²) in [7, 11) is 0. The van der Waals surface area contributed by atoms with Crippen LogP contribution in [0.15, 0.2) is 36.4 Å². The SMILES string of the molecule is Cc1cc(C)n(-c2ccc(NC3CCN(c4ccc(Cl)c(Cl)c4)C3=O)nn2)n1. The molecule has 28 heavy (non-hydrogen) atoms. The minimum absolute atomic E-state index is 0.0391. The van der Waals surface area contributed by atoms with Gasteiger partial charge in [0.2, 0.25) is 5.91 Å². The van der Waals surface area contributed by atoms with Crippen LogP contribution in [0.25, 0.3) is 5.82 Å². The number of rotatable bonds is 4. The van der Waals surface area contributed by atoms with E-state index in [4.69, 9.17) is 23.2 Å². The number of aryl methyl sites for hydroxylation is 2. The van der Waals surface area contributed by atoms with Crippen molar-refractivity contribution >= 4 is 40.6 Å². The molecule has 2 aromatic heterocycles. The normalized spacial score (nSPS) is 16.6. The molecule has 1 amide bonds. The van der Waals surface area contributed by atoms with Crippen LogP contribution in [-0.4, -0.2) is 38.5 Å². The van der Waals surface area contributed by atoms with E-state index in [0.29, 0.717) is 34.6 Å². The molecule has 1 aromatic carbocycles. The van der Waals surface area contributed by atoms with E-state index in [0.717, 1.165) is 17.1 Å². The van der Waals surface area contributed by atoms with Crippen molar-refractivity contribution in [1.29, 1.82) is 0 Å². The second-order valence-corrected chi connectivity index (χ2v) is 7.50. The molecule has 144 valence electrons. The van der Waals surface area contributed by atoms with Crippen molar-refractivity contribution in [2.24, 2.45) is 0 Å². The standard InChI is InChI=1S/C19H18Cl2N6O/c1-11-9-12(2)27(25-11)18-6-5-17(23-24-18)22-16-7-8-26(19(16)28)13-3-4-14(20)15(21)10-13/h3-6,9-10,16H,7-8H2,1-2H3,(H,22,23). The summed E-state index contributed by atoms with van der Waals surface area (Å²) in [5, 5.41) is 16.9. The molecule has 3 aromatic rings. The van der Waals surface area contributed by atoms with Crippen LogP contribution in [0.4, 0.5) is 11.5 Å². The van der Waals surface area contributed by atoms with Gasteiger partial charge in [0.25, 0.3) is 0 Å². The molecule has 7 nitrogen and oxygen atoms in total. The zero-order valence-electron chi connectivity index (χ0n) is 15.4. The van der Waals surface area contributed by atoms with Gasteiger partial charge in [0.05, 0.1) is 15.7 Å². The Bertz CT molecular complexity index is 1030. The molecule has 1 atom stereocenters. The number of aromatic nitrogens is 4. The van der Waals surface area contributed by atoms with Gasteiger partial charge in [0, 0.05) is 17.9 Å². The van der Waals surface area contributed by atoms with Crippen molar-refractivity contribution in [2.45, 2.75) is 26.3 Å². The van der Waals surface area contributed by atoms with Crippen LogP contribution in [0.5, 0.6) is 0 Å². The quantitative estimate of drug-likeness (QED) is 0.699. The minimum atomic E-state index is -0.372. The van der Waals surface area contributed by atoms with Gasteiger partial charge in [-0.3, -0.25) is 4.79 Å². The summed E-state index contributed by atoms with van der Waals surface area (Å²) < 4.78 is 1.73. The maximum absolute atomic E-state index is 12.8. The fourth-order valence-corrected chi connectivity index (χ4v) is 3.57. The molecule has 0 saturated carbocycles. The first kappa shape index (κ1) is 18.7. The molecule has 1 aliphatic heterocycles. The van der Waals surface area contributed by atoms with Gasteiger partial charge in [-0.1, -0.05) is 23.2 Å². The highest BCUT2D eigenvalue weighted by Crippen LogP contribution is 2.30. The molecule has 0 bridgehead atoms. The highest BCUT2D eigenvalue weighted by atomic mass is 35.5. The average Bonchev–Trinajstić information content (AvgIpc) is 3.20. The van der Waals surface area contributed by atoms with Crippen LogP contribution in [0, 0.1) is 13.8 Å². The average molecular weight is 417 g/mol. The summed E-state index contributed by atoms with van der Waals surface area (Å²) in [6.45, 7) is 4.48. The number of hydrogen-bond acceptors (Lipinski definition) is 5. The van der Waals surface area contributed by atoms with E-state index in [1.807, 2.05) is 26.0 Å².